The van der Waals surface area contributed by atoms with Crippen LogP contribution < -0.4 is 0 Å². The molecule has 0 spiro atoms. The maximum Gasteiger partial charge on any atom is 0.303 e. The molecule has 1 aromatic heterocycles. The van der Waals surface area contributed by atoms with Gasteiger partial charge in [0.1, 0.15) is 0 Å². The first-order valence-electron chi connectivity index (χ1n) is 4.32. The van der Waals surface area contributed by atoms with Gasteiger partial charge in [0, 0.05) is 25.7 Å². The van der Waals surface area contributed by atoms with Crippen molar-refractivity contribution < 1.29 is 19.8 Å². The van der Waals surface area contributed by atoms with Gasteiger partial charge in [-0.05, 0) is 18.1 Å². The highest BCUT2D eigenvalue weighted by Gasteiger charge is 1.97. The zero-order chi connectivity index (χ0) is 11.7. The fourth-order valence-corrected chi connectivity index (χ4v) is 0.797. The van der Waals surface area contributed by atoms with Gasteiger partial charge in [0.05, 0.1) is 0 Å². The molecule has 0 amide bonds. The van der Waals surface area contributed by atoms with E-state index < -0.39 is 11.9 Å². The third kappa shape index (κ3) is 10.0. The van der Waals surface area contributed by atoms with Gasteiger partial charge >= 0.3 is 5.97 Å². The fraction of sp³-hybridized carbons (Fsp3) is 0.300. The summed E-state index contributed by atoms with van der Waals surface area (Å²) in [6.45, 7) is 1.08. The van der Waals surface area contributed by atoms with E-state index in [1.165, 1.54) is 0 Å². The Morgan fingerprint density at radius 1 is 1.40 bits per heavy atom. The first-order valence-corrected chi connectivity index (χ1v) is 4.32. The number of pyridine rings is 1. The Bertz CT molecular complexity index is 306. The number of aromatic nitrogens is 1. The predicted molar refractivity (Wildman–Crippen MR) is 53.5 cm³/mol. The minimum Gasteiger partial charge on any atom is -0.481 e. The van der Waals surface area contributed by atoms with Gasteiger partial charge in [-0.1, -0.05) is 6.07 Å². The quantitative estimate of drug-likeness (QED) is 0.784. The molecule has 82 valence electrons. The SMILES string of the molecule is CC(=O)O.O=C(O)CCc1cccnc1. The van der Waals surface area contributed by atoms with E-state index in [1.54, 1.807) is 18.5 Å². The van der Waals surface area contributed by atoms with Gasteiger partial charge in [0.2, 0.25) is 0 Å². The van der Waals surface area contributed by atoms with E-state index in [2.05, 4.69) is 4.98 Å². The van der Waals surface area contributed by atoms with Crippen molar-refractivity contribution in [2.24, 2.45) is 0 Å². The lowest BCUT2D eigenvalue weighted by molar-refractivity contribution is -0.137. The van der Waals surface area contributed by atoms with Gasteiger partial charge in [-0.3, -0.25) is 14.6 Å². The summed E-state index contributed by atoms with van der Waals surface area (Å²) >= 11 is 0. The number of aryl methyl sites for hydroxylation is 1. The zero-order valence-electron chi connectivity index (χ0n) is 8.38. The number of nitrogens with zero attached hydrogens (tertiary/aromatic N) is 1. The zero-order valence-corrected chi connectivity index (χ0v) is 8.38. The van der Waals surface area contributed by atoms with Crippen molar-refractivity contribution in [3.8, 4) is 0 Å². The number of hydrogen-bond acceptors (Lipinski definition) is 3. The smallest absolute Gasteiger partial charge is 0.303 e. The molecule has 0 aromatic carbocycles. The van der Waals surface area contributed by atoms with Crippen LogP contribution in [0.1, 0.15) is 18.9 Å². The van der Waals surface area contributed by atoms with Crippen molar-refractivity contribution in [3.05, 3.63) is 30.1 Å². The Labute approximate surface area is 87.4 Å². The normalized spacial score (nSPS) is 8.60. The largest absolute Gasteiger partial charge is 0.481 e. The molecule has 1 heterocycles. The first-order chi connectivity index (χ1) is 7.02. The van der Waals surface area contributed by atoms with E-state index in [-0.39, 0.29) is 6.42 Å². The van der Waals surface area contributed by atoms with Crippen LogP contribution in [0, 0.1) is 0 Å². The van der Waals surface area contributed by atoms with Crippen molar-refractivity contribution in [2.45, 2.75) is 19.8 Å². The Morgan fingerprint density at radius 3 is 2.40 bits per heavy atom. The summed E-state index contributed by atoms with van der Waals surface area (Å²) in [6.07, 6.45) is 4.09. The summed E-state index contributed by atoms with van der Waals surface area (Å²) < 4.78 is 0. The minimum atomic E-state index is -0.833. The second-order valence-electron chi connectivity index (χ2n) is 2.77. The summed E-state index contributed by atoms with van der Waals surface area (Å²) in [5, 5.41) is 15.8. The van der Waals surface area contributed by atoms with Crippen LogP contribution in [0.15, 0.2) is 24.5 Å². The standard InChI is InChI=1S/C8H9NO2.C2H4O2/c10-8(11)4-3-7-2-1-5-9-6-7;1-2(3)4/h1-2,5-6H,3-4H2,(H,10,11);1H3,(H,3,4). The van der Waals surface area contributed by atoms with Crippen LogP contribution in [0.25, 0.3) is 0 Å². The van der Waals surface area contributed by atoms with E-state index in [9.17, 15) is 4.79 Å². The number of rotatable bonds is 3. The number of aliphatic carboxylic acids is 2. The average Bonchev–Trinajstić information content (AvgIpc) is 2.15. The fourth-order valence-electron chi connectivity index (χ4n) is 0.797. The van der Waals surface area contributed by atoms with Gasteiger partial charge in [-0.2, -0.15) is 0 Å². The minimum absolute atomic E-state index is 0.172. The molecule has 5 nitrogen and oxygen atoms in total. The molecule has 1 rings (SSSR count). The predicted octanol–water partition coefficient (Wildman–Crippen LogP) is 1.19. The van der Waals surface area contributed by atoms with Crippen LogP contribution in [0.2, 0.25) is 0 Å². The van der Waals surface area contributed by atoms with E-state index >= 15 is 0 Å². The van der Waals surface area contributed by atoms with Crippen LogP contribution in [-0.2, 0) is 16.0 Å². The van der Waals surface area contributed by atoms with Gasteiger partial charge in [0.25, 0.3) is 5.97 Å². The van der Waals surface area contributed by atoms with Crippen LogP contribution in [0.3, 0.4) is 0 Å². The molecule has 0 saturated carbocycles. The topological polar surface area (TPSA) is 87.5 Å². The van der Waals surface area contributed by atoms with Crippen LogP contribution in [0.5, 0.6) is 0 Å². The third-order valence-corrected chi connectivity index (χ3v) is 1.35. The molecule has 0 saturated heterocycles. The van der Waals surface area contributed by atoms with Crippen molar-refractivity contribution in [3.63, 3.8) is 0 Å². The van der Waals surface area contributed by atoms with E-state index in [1.807, 2.05) is 6.07 Å². The van der Waals surface area contributed by atoms with E-state index in [0.717, 1.165) is 12.5 Å². The lowest BCUT2D eigenvalue weighted by Gasteiger charge is -1.94. The van der Waals surface area contributed by atoms with Crippen molar-refractivity contribution >= 4 is 11.9 Å². The molecule has 1 aromatic rings. The molecule has 0 radical (unpaired) electrons. The van der Waals surface area contributed by atoms with E-state index in [4.69, 9.17) is 15.0 Å². The molecule has 0 unspecified atom stereocenters. The summed E-state index contributed by atoms with van der Waals surface area (Å²) in [5.41, 5.74) is 0.968. The number of hydrogen-bond donors (Lipinski definition) is 2. The molecule has 15 heavy (non-hydrogen) atoms. The second-order valence-corrected chi connectivity index (χ2v) is 2.77. The van der Waals surface area contributed by atoms with E-state index in [0.29, 0.717) is 6.42 Å². The third-order valence-electron chi connectivity index (χ3n) is 1.35. The number of carbonyl (C=O) groups is 2. The molecular formula is C10H13NO4. The molecule has 0 bridgehead atoms. The molecule has 0 aliphatic rings. The van der Waals surface area contributed by atoms with Crippen molar-refractivity contribution in [2.75, 3.05) is 0 Å². The molecule has 0 atom stereocenters. The lowest BCUT2D eigenvalue weighted by atomic mass is 10.2. The maximum atomic E-state index is 10.2. The molecule has 2 N–H and O–H groups in total. The molecule has 0 aliphatic carbocycles. The van der Waals surface area contributed by atoms with Gasteiger partial charge < -0.3 is 10.2 Å². The van der Waals surface area contributed by atoms with Crippen LogP contribution >= 0.6 is 0 Å². The Hall–Kier alpha value is -1.91. The summed E-state index contributed by atoms with van der Waals surface area (Å²) in [7, 11) is 0. The maximum absolute atomic E-state index is 10.2. The average molecular weight is 211 g/mol. The lowest BCUT2D eigenvalue weighted by Crippen LogP contribution is -1.97. The highest BCUT2D eigenvalue weighted by Crippen LogP contribution is 1.99. The molecule has 0 fully saturated rings. The number of carboxylic acid groups (broad SMARTS) is 2. The Balaban J connectivity index is 0.000000423. The monoisotopic (exact) mass is 211 g/mol. The van der Waals surface area contributed by atoms with Gasteiger partial charge in [0.15, 0.2) is 0 Å². The Morgan fingerprint density at radius 2 is 2.00 bits per heavy atom. The molecule has 5 heteroatoms. The first kappa shape index (κ1) is 13.1. The summed E-state index contributed by atoms with van der Waals surface area (Å²) in [5.74, 6) is -1.60. The van der Waals surface area contributed by atoms with Crippen LogP contribution in [0.4, 0.5) is 0 Å². The molecule has 0 aliphatic heterocycles. The number of carboxylic acids is 2. The Kier molecular flexibility index (Phi) is 6.54. The summed E-state index contributed by atoms with van der Waals surface area (Å²) in [6, 6.07) is 3.67. The molecular weight excluding hydrogens is 198 g/mol. The van der Waals surface area contributed by atoms with Gasteiger partial charge in [-0.25, -0.2) is 0 Å². The van der Waals surface area contributed by atoms with Crippen LogP contribution in [-0.4, -0.2) is 27.1 Å². The van der Waals surface area contributed by atoms with Crippen molar-refractivity contribution in [1.29, 1.82) is 0 Å². The summed E-state index contributed by atoms with van der Waals surface area (Å²) in [4.78, 5) is 23.0. The highest BCUT2D eigenvalue weighted by atomic mass is 16.4. The van der Waals surface area contributed by atoms with Crippen molar-refractivity contribution in [1.82, 2.24) is 4.98 Å². The van der Waals surface area contributed by atoms with Gasteiger partial charge in [-0.15, -0.1) is 0 Å². The highest BCUT2D eigenvalue weighted by molar-refractivity contribution is 5.67. The second kappa shape index (κ2) is 7.49.